The number of nitrogens with one attached hydrogen (secondary N) is 1. The lowest BCUT2D eigenvalue weighted by Gasteiger charge is -2.22. The highest BCUT2D eigenvalue weighted by Crippen LogP contribution is 2.24. The Labute approximate surface area is 128 Å². The summed E-state index contributed by atoms with van der Waals surface area (Å²) in [7, 11) is -3.44. The predicted molar refractivity (Wildman–Crippen MR) is 85.4 cm³/mol. The van der Waals surface area contributed by atoms with Crippen LogP contribution in [0, 0.1) is 5.92 Å². The highest BCUT2D eigenvalue weighted by atomic mass is 32.2. The highest BCUT2D eigenvalue weighted by molar-refractivity contribution is 7.89. The summed E-state index contributed by atoms with van der Waals surface area (Å²) in [6.07, 6.45) is 5.52. The van der Waals surface area contributed by atoms with Gasteiger partial charge in [-0.3, -0.25) is 0 Å². The molecule has 2 rings (SSSR count). The second-order valence-corrected chi connectivity index (χ2v) is 7.91. The monoisotopic (exact) mass is 310 g/mol. The molecule has 21 heavy (non-hydrogen) atoms. The average Bonchev–Trinajstić information content (AvgIpc) is 2.64. The van der Waals surface area contributed by atoms with Crippen molar-refractivity contribution in [2.45, 2.75) is 62.9 Å². The van der Waals surface area contributed by atoms with Gasteiger partial charge in [0.2, 0.25) is 10.0 Å². The summed E-state index contributed by atoms with van der Waals surface area (Å²) in [5.41, 5.74) is 6.73. The smallest absolute Gasteiger partial charge is 0.240 e. The van der Waals surface area contributed by atoms with E-state index in [-0.39, 0.29) is 12.1 Å². The van der Waals surface area contributed by atoms with Crippen LogP contribution in [0.5, 0.6) is 0 Å². The summed E-state index contributed by atoms with van der Waals surface area (Å²) in [6.45, 7) is 4.02. The average molecular weight is 310 g/mol. The van der Waals surface area contributed by atoms with Gasteiger partial charge in [-0.05, 0) is 43.4 Å². The molecule has 0 heterocycles. The quantitative estimate of drug-likeness (QED) is 0.840. The molecule has 1 aliphatic rings. The van der Waals surface area contributed by atoms with E-state index in [9.17, 15) is 8.42 Å². The van der Waals surface area contributed by atoms with Crippen molar-refractivity contribution < 1.29 is 8.42 Å². The Hall–Kier alpha value is -0.910. The number of benzene rings is 1. The molecule has 3 atom stereocenters. The SMILES string of the molecule is CC(N)c1ccc(S(=O)(=O)NC2CCCCCC2C)cc1. The van der Waals surface area contributed by atoms with Gasteiger partial charge in [-0.2, -0.15) is 0 Å². The Kier molecular flexibility index (Phi) is 5.41. The topological polar surface area (TPSA) is 72.2 Å². The molecule has 0 amide bonds. The van der Waals surface area contributed by atoms with E-state index >= 15 is 0 Å². The summed E-state index contributed by atoms with van der Waals surface area (Å²) < 4.78 is 27.9. The molecule has 5 heteroatoms. The van der Waals surface area contributed by atoms with Crippen molar-refractivity contribution in [1.29, 1.82) is 0 Å². The van der Waals surface area contributed by atoms with E-state index in [1.54, 1.807) is 24.3 Å². The summed E-state index contributed by atoms with van der Waals surface area (Å²) in [5.74, 6) is 0.394. The maximum absolute atomic E-state index is 12.5. The lowest BCUT2D eigenvalue weighted by molar-refractivity contribution is 0.399. The van der Waals surface area contributed by atoms with E-state index in [1.807, 2.05) is 6.92 Å². The highest BCUT2D eigenvalue weighted by Gasteiger charge is 2.25. The molecule has 0 bridgehead atoms. The van der Waals surface area contributed by atoms with Crippen LogP contribution in [0.15, 0.2) is 29.2 Å². The van der Waals surface area contributed by atoms with E-state index in [0.29, 0.717) is 10.8 Å². The molecule has 3 unspecified atom stereocenters. The normalized spacial score (nSPS) is 25.3. The zero-order valence-corrected chi connectivity index (χ0v) is 13.7. The summed E-state index contributed by atoms with van der Waals surface area (Å²) in [6, 6.07) is 6.82. The van der Waals surface area contributed by atoms with E-state index in [4.69, 9.17) is 5.73 Å². The predicted octanol–water partition coefficient (Wildman–Crippen LogP) is 2.95. The van der Waals surface area contributed by atoms with E-state index < -0.39 is 10.0 Å². The van der Waals surface area contributed by atoms with Crippen molar-refractivity contribution in [2.24, 2.45) is 11.7 Å². The number of nitrogens with two attached hydrogens (primary N) is 1. The minimum Gasteiger partial charge on any atom is -0.324 e. The first-order chi connectivity index (χ1) is 9.90. The van der Waals surface area contributed by atoms with Crippen LogP contribution in [0.3, 0.4) is 0 Å². The summed E-state index contributed by atoms with van der Waals surface area (Å²) >= 11 is 0. The third-order valence-corrected chi connectivity index (χ3v) is 5.89. The fraction of sp³-hybridized carbons (Fsp3) is 0.625. The van der Waals surface area contributed by atoms with Crippen molar-refractivity contribution in [3.05, 3.63) is 29.8 Å². The molecule has 4 nitrogen and oxygen atoms in total. The Morgan fingerprint density at radius 2 is 1.76 bits per heavy atom. The molecule has 1 aromatic carbocycles. The molecule has 0 saturated heterocycles. The van der Waals surface area contributed by atoms with Gasteiger partial charge in [0.15, 0.2) is 0 Å². The van der Waals surface area contributed by atoms with Gasteiger partial charge < -0.3 is 5.73 Å². The van der Waals surface area contributed by atoms with Gasteiger partial charge in [-0.15, -0.1) is 0 Å². The Morgan fingerprint density at radius 3 is 2.38 bits per heavy atom. The summed E-state index contributed by atoms with van der Waals surface area (Å²) in [5, 5.41) is 0. The zero-order chi connectivity index (χ0) is 15.5. The lowest BCUT2D eigenvalue weighted by atomic mass is 9.98. The van der Waals surface area contributed by atoms with Crippen LogP contribution in [0.4, 0.5) is 0 Å². The molecular weight excluding hydrogens is 284 g/mol. The van der Waals surface area contributed by atoms with Gasteiger partial charge in [0, 0.05) is 12.1 Å². The van der Waals surface area contributed by atoms with Crippen LogP contribution < -0.4 is 10.5 Å². The van der Waals surface area contributed by atoms with Gasteiger partial charge in [0.1, 0.15) is 0 Å². The van der Waals surface area contributed by atoms with Crippen molar-refractivity contribution in [1.82, 2.24) is 4.72 Å². The molecule has 0 radical (unpaired) electrons. The number of sulfonamides is 1. The lowest BCUT2D eigenvalue weighted by Crippen LogP contribution is -2.38. The van der Waals surface area contributed by atoms with Gasteiger partial charge in [-0.1, -0.05) is 38.3 Å². The number of rotatable bonds is 4. The molecule has 0 aromatic heterocycles. The van der Waals surface area contributed by atoms with Crippen molar-refractivity contribution in [2.75, 3.05) is 0 Å². The van der Waals surface area contributed by atoms with E-state index in [0.717, 1.165) is 24.8 Å². The fourth-order valence-electron chi connectivity index (χ4n) is 2.89. The van der Waals surface area contributed by atoms with Crippen molar-refractivity contribution in [3.8, 4) is 0 Å². The van der Waals surface area contributed by atoms with Crippen LogP contribution in [0.2, 0.25) is 0 Å². The van der Waals surface area contributed by atoms with Gasteiger partial charge in [0.25, 0.3) is 0 Å². The van der Waals surface area contributed by atoms with Crippen LogP contribution >= 0.6 is 0 Å². The van der Waals surface area contributed by atoms with Gasteiger partial charge in [0.05, 0.1) is 4.90 Å². The minimum absolute atomic E-state index is 0.0469. The largest absolute Gasteiger partial charge is 0.324 e. The third-order valence-electron chi connectivity index (χ3n) is 4.38. The Balaban J connectivity index is 2.13. The van der Waals surface area contributed by atoms with Crippen LogP contribution in [0.25, 0.3) is 0 Å². The van der Waals surface area contributed by atoms with Crippen LogP contribution in [0.1, 0.15) is 57.6 Å². The molecule has 0 aliphatic heterocycles. The van der Waals surface area contributed by atoms with Gasteiger partial charge >= 0.3 is 0 Å². The van der Waals surface area contributed by atoms with Crippen molar-refractivity contribution >= 4 is 10.0 Å². The molecule has 0 spiro atoms. The maximum Gasteiger partial charge on any atom is 0.240 e. The third kappa shape index (κ3) is 4.28. The Bertz CT molecular complexity index is 552. The van der Waals surface area contributed by atoms with Crippen LogP contribution in [-0.4, -0.2) is 14.5 Å². The summed E-state index contributed by atoms with van der Waals surface area (Å²) in [4.78, 5) is 0.323. The first kappa shape index (κ1) is 16.5. The maximum atomic E-state index is 12.5. The van der Waals surface area contributed by atoms with E-state index in [1.165, 1.54) is 12.8 Å². The molecule has 118 valence electrons. The molecule has 3 N–H and O–H groups in total. The van der Waals surface area contributed by atoms with E-state index in [2.05, 4.69) is 11.6 Å². The minimum atomic E-state index is -3.44. The fourth-order valence-corrected chi connectivity index (χ4v) is 4.27. The van der Waals surface area contributed by atoms with Gasteiger partial charge in [-0.25, -0.2) is 13.1 Å². The Morgan fingerprint density at radius 1 is 1.14 bits per heavy atom. The second-order valence-electron chi connectivity index (χ2n) is 6.20. The zero-order valence-electron chi connectivity index (χ0n) is 12.9. The molecule has 1 aliphatic carbocycles. The first-order valence-corrected chi connectivity index (χ1v) is 9.26. The molecule has 1 aromatic rings. The molecular formula is C16H26N2O2S. The van der Waals surface area contributed by atoms with Crippen molar-refractivity contribution in [3.63, 3.8) is 0 Å². The second kappa shape index (κ2) is 6.90. The van der Waals surface area contributed by atoms with Crippen LogP contribution in [-0.2, 0) is 10.0 Å². The number of hydrogen-bond acceptors (Lipinski definition) is 3. The molecule has 1 fully saturated rings. The molecule has 1 saturated carbocycles. The standard InChI is InChI=1S/C16H26N2O2S/c1-12-6-4-3-5-7-16(12)18-21(19,20)15-10-8-14(9-11-15)13(2)17/h8-13,16,18H,3-7,17H2,1-2H3. The first-order valence-electron chi connectivity index (χ1n) is 7.78. The number of hydrogen-bond donors (Lipinski definition) is 2.